The Balaban J connectivity index is 4.19. The largest absolute Gasteiger partial charge is 0.316 e. The maximum atomic E-state index is 3.79. The maximum Gasteiger partial charge on any atom is 0.0415 e. The zero-order chi connectivity index (χ0) is 9.56. The zero-order valence-electron chi connectivity index (χ0n) is 8.52. The monoisotopic (exact) mass is 171 g/mol. The lowest BCUT2D eigenvalue weighted by atomic mass is 10.0. The second-order valence-corrected chi connectivity index (χ2v) is 2.94. The lowest BCUT2D eigenvalue weighted by Crippen LogP contribution is -2.54. The van der Waals surface area contributed by atoms with Gasteiger partial charge in [-0.3, -0.25) is 0 Å². The first kappa shape index (κ1) is 11.6. The minimum absolute atomic E-state index is 0.303. The van der Waals surface area contributed by atoms with Crippen molar-refractivity contribution < 1.29 is 0 Å². The third kappa shape index (κ3) is 2.93. The van der Waals surface area contributed by atoms with Crippen molar-refractivity contribution in [2.45, 2.75) is 25.0 Å². The quantitative estimate of drug-likeness (QED) is 0.491. The van der Waals surface area contributed by atoms with Crippen LogP contribution in [0.25, 0.3) is 0 Å². The van der Waals surface area contributed by atoms with Crippen molar-refractivity contribution in [3.05, 3.63) is 12.7 Å². The van der Waals surface area contributed by atoms with Crippen LogP contribution in [0, 0.1) is 0 Å². The zero-order valence-corrected chi connectivity index (χ0v) is 8.52. The molecule has 12 heavy (non-hydrogen) atoms. The summed E-state index contributed by atoms with van der Waals surface area (Å²) >= 11 is 0. The molecule has 0 aliphatic rings. The highest BCUT2D eigenvalue weighted by molar-refractivity contribution is 4.97. The van der Waals surface area contributed by atoms with E-state index in [1.807, 2.05) is 27.2 Å². The molecule has 0 aromatic heterocycles. The summed E-state index contributed by atoms with van der Waals surface area (Å²) < 4.78 is 0. The minimum Gasteiger partial charge on any atom is -0.316 e. The van der Waals surface area contributed by atoms with Crippen LogP contribution in [0.3, 0.4) is 0 Å². The molecule has 0 fully saturated rings. The molecule has 0 heterocycles. The van der Waals surface area contributed by atoms with E-state index in [0.29, 0.717) is 18.1 Å². The van der Waals surface area contributed by atoms with Gasteiger partial charge >= 0.3 is 0 Å². The third-order valence-electron chi connectivity index (χ3n) is 2.30. The van der Waals surface area contributed by atoms with Crippen molar-refractivity contribution in [3.63, 3.8) is 0 Å². The molecule has 0 aliphatic carbocycles. The Bertz CT molecular complexity index is 125. The number of hydrogen-bond acceptors (Lipinski definition) is 3. The van der Waals surface area contributed by atoms with Crippen molar-refractivity contribution in [2.24, 2.45) is 0 Å². The Morgan fingerprint density at radius 1 is 1.08 bits per heavy atom. The van der Waals surface area contributed by atoms with E-state index in [4.69, 9.17) is 0 Å². The Labute approximate surface area is 75.6 Å². The standard InChI is InChI=1S/C9H21N3/c1-6-8(11-4)9(12-5)7(2)10-3/h6-12H,1H2,2-5H3. The number of rotatable bonds is 6. The summed E-state index contributed by atoms with van der Waals surface area (Å²) in [6.45, 7) is 5.93. The van der Waals surface area contributed by atoms with Gasteiger partial charge in [0.05, 0.1) is 0 Å². The molecule has 0 amide bonds. The molecule has 0 aromatic rings. The highest BCUT2D eigenvalue weighted by Gasteiger charge is 2.20. The first-order valence-corrected chi connectivity index (χ1v) is 4.35. The predicted molar refractivity (Wildman–Crippen MR) is 54.4 cm³/mol. The summed E-state index contributed by atoms with van der Waals surface area (Å²) in [5.74, 6) is 0. The molecule has 0 spiro atoms. The van der Waals surface area contributed by atoms with E-state index < -0.39 is 0 Å². The van der Waals surface area contributed by atoms with Crippen LogP contribution in [0.2, 0.25) is 0 Å². The van der Waals surface area contributed by atoms with Crippen LogP contribution in [-0.4, -0.2) is 39.3 Å². The molecule has 3 unspecified atom stereocenters. The van der Waals surface area contributed by atoms with E-state index in [0.717, 1.165) is 0 Å². The maximum absolute atomic E-state index is 3.79. The van der Waals surface area contributed by atoms with Crippen molar-refractivity contribution in [1.29, 1.82) is 0 Å². The summed E-state index contributed by atoms with van der Waals surface area (Å²) in [6, 6.07) is 1.10. The smallest absolute Gasteiger partial charge is 0.0415 e. The van der Waals surface area contributed by atoms with E-state index in [1.54, 1.807) is 0 Å². The molecule has 3 nitrogen and oxygen atoms in total. The molecule has 0 saturated heterocycles. The minimum atomic E-state index is 0.303. The normalized spacial score (nSPS) is 18.3. The molecule has 0 rings (SSSR count). The van der Waals surface area contributed by atoms with Crippen LogP contribution in [-0.2, 0) is 0 Å². The average molecular weight is 171 g/mol. The molecule has 3 heteroatoms. The fourth-order valence-electron chi connectivity index (χ4n) is 1.36. The molecule has 0 saturated carbocycles. The SMILES string of the molecule is C=CC(NC)C(NC)C(C)NC. The molecule has 0 aliphatic heterocycles. The van der Waals surface area contributed by atoms with Crippen LogP contribution >= 0.6 is 0 Å². The Morgan fingerprint density at radius 2 is 1.67 bits per heavy atom. The van der Waals surface area contributed by atoms with Gasteiger partial charge in [0.2, 0.25) is 0 Å². The fraction of sp³-hybridized carbons (Fsp3) is 0.778. The summed E-state index contributed by atoms with van der Waals surface area (Å²) in [5, 5.41) is 9.67. The van der Waals surface area contributed by atoms with E-state index in [2.05, 4.69) is 29.5 Å². The Morgan fingerprint density at radius 3 is 1.92 bits per heavy atom. The van der Waals surface area contributed by atoms with Gasteiger partial charge in [-0.05, 0) is 28.1 Å². The lowest BCUT2D eigenvalue weighted by Gasteiger charge is -2.29. The molecule has 3 atom stereocenters. The second-order valence-electron chi connectivity index (χ2n) is 2.94. The van der Waals surface area contributed by atoms with Gasteiger partial charge in [-0.1, -0.05) is 6.08 Å². The van der Waals surface area contributed by atoms with Gasteiger partial charge in [0, 0.05) is 18.1 Å². The lowest BCUT2D eigenvalue weighted by molar-refractivity contribution is 0.375. The van der Waals surface area contributed by atoms with E-state index in [-0.39, 0.29) is 0 Å². The average Bonchev–Trinajstić information content (AvgIpc) is 2.12. The summed E-state index contributed by atoms with van der Waals surface area (Å²) in [4.78, 5) is 0. The molecule has 0 aromatic carbocycles. The van der Waals surface area contributed by atoms with E-state index in [9.17, 15) is 0 Å². The first-order chi connectivity index (χ1) is 5.71. The predicted octanol–water partition coefficient (Wildman–Crippen LogP) is -0.0437. The van der Waals surface area contributed by atoms with Gasteiger partial charge in [0.25, 0.3) is 0 Å². The molecule has 3 N–H and O–H groups in total. The number of hydrogen-bond donors (Lipinski definition) is 3. The van der Waals surface area contributed by atoms with Gasteiger partial charge in [0.1, 0.15) is 0 Å². The van der Waals surface area contributed by atoms with Crippen LogP contribution < -0.4 is 16.0 Å². The molecule has 0 bridgehead atoms. The molecule has 72 valence electrons. The van der Waals surface area contributed by atoms with Crippen molar-refractivity contribution in [2.75, 3.05) is 21.1 Å². The van der Waals surface area contributed by atoms with Crippen molar-refractivity contribution in [1.82, 2.24) is 16.0 Å². The third-order valence-corrected chi connectivity index (χ3v) is 2.30. The topological polar surface area (TPSA) is 36.1 Å². The van der Waals surface area contributed by atoms with Gasteiger partial charge < -0.3 is 16.0 Å². The fourth-order valence-corrected chi connectivity index (χ4v) is 1.36. The Kier molecular flexibility index (Phi) is 5.98. The highest BCUT2D eigenvalue weighted by Crippen LogP contribution is 1.99. The first-order valence-electron chi connectivity index (χ1n) is 4.35. The summed E-state index contributed by atoms with van der Waals surface area (Å²) in [6.07, 6.45) is 1.93. The summed E-state index contributed by atoms with van der Waals surface area (Å²) in [5.41, 5.74) is 0. The van der Waals surface area contributed by atoms with Gasteiger partial charge in [0.15, 0.2) is 0 Å². The molecule has 0 radical (unpaired) electrons. The van der Waals surface area contributed by atoms with Gasteiger partial charge in [-0.15, -0.1) is 6.58 Å². The van der Waals surface area contributed by atoms with Crippen molar-refractivity contribution >= 4 is 0 Å². The van der Waals surface area contributed by atoms with Gasteiger partial charge in [-0.25, -0.2) is 0 Å². The van der Waals surface area contributed by atoms with Crippen LogP contribution in [0.1, 0.15) is 6.92 Å². The van der Waals surface area contributed by atoms with Gasteiger partial charge in [-0.2, -0.15) is 0 Å². The van der Waals surface area contributed by atoms with E-state index >= 15 is 0 Å². The van der Waals surface area contributed by atoms with E-state index in [1.165, 1.54) is 0 Å². The highest BCUT2D eigenvalue weighted by atomic mass is 15.0. The van der Waals surface area contributed by atoms with Crippen LogP contribution in [0.5, 0.6) is 0 Å². The van der Waals surface area contributed by atoms with Crippen molar-refractivity contribution in [3.8, 4) is 0 Å². The second kappa shape index (κ2) is 6.17. The molecular formula is C9H21N3. The van der Waals surface area contributed by atoms with Crippen LogP contribution in [0.15, 0.2) is 12.7 Å². The number of nitrogens with one attached hydrogen (secondary N) is 3. The summed E-state index contributed by atoms with van der Waals surface area (Å²) in [7, 11) is 5.87. The molecular weight excluding hydrogens is 150 g/mol. The Hall–Kier alpha value is -0.380. The van der Waals surface area contributed by atoms with Crippen LogP contribution in [0.4, 0.5) is 0 Å². The number of likely N-dealkylation sites (N-methyl/N-ethyl adjacent to an activating group) is 3.